The first kappa shape index (κ1) is 16.9. The molecule has 3 rings (SSSR count). The minimum absolute atomic E-state index is 0.278. The number of alkyl halides is 3. The Kier molecular flexibility index (Phi) is 4.35. The van der Waals surface area contributed by atoms with Crippen molar-refractivity contribution in [2.45, 2.75) is 18.1 Å². The van der Waals surface area contributed by atoms with Crippen LogP contribution in [0.25, 0.3) is 16.3 Å². The zero-order valence-electron chi connectivity index (χ0n) is 12.8. The summed E-state index contributed by atoms with van der Waals surface area (Å²) in [7, 11) is 1.76. The maximum atomic E-state index is 12.9. The topological polar surface area (TPSA) is 61.7 Å². The van der Waals surface area contributed by atoms with Crippen LogP contribution in [0, 0.1) is 0 Å². The number of halogens is 3. The number of thiophene rings is 1. The molecule has 0 unspecified atom stereocenters. The van der Waals surface area contributed by atoms with Crippen molar-refractivity contribution >= 4 is 28.9 Å². The Labute approximate surface area is 144 Å². The van der Waals surface area contributed by atoms with E-state index >= 15 is 0 Å². The number of nitrogens with two attached hydrogens (primary N) is 1. The fourth-order valence-corrected chi connectivity index (χ4v) is 3.96. The Morgan fingerprint density at radius 2 is 2.00 bits per heavy atom. The van der Waals surface area contributed by atoms with Gasteiger partial charge in [-0.1, -0.05) is 6.92 Å². The third kappa shape index (κ3) is 3.03. The van der Waals surface area contributed by atoms with Gasteiger partial charge in [-0.3, -0.25) is 4.68 Å². The third-order valence-electron chi connectivity index (χ3n) is 3.22. The number of thioether (sulfide) groups is 1. The van der Waals surface area contributed by atoms with Crippen molar-refractivity contribution in [3.05, 3.63) is 29.3 Å². The van der Waals surface area contributed by atoms with E-state index in [4.69, 9.17) is 5.73 Å². The first-order chi connectivity index (χ1) is 11.3. The van der Waals surface area contributed by atoms with E-state index in [2.05, 4.69) is 10.2 Å². The number of anilines is 1. The Morgan fingerprint density at radius 1 is 1.25 bits per heavy atom. The lowest BCUT2D eigenvalue weighted by Gasteiger charge is -2.02. The summed E-state index contributed by atoms with van der Waals surface area (Å²) < 4.78 is 41.7. The highest BCUT2D eigenvalue weighted by Crippen LogP contribution is 2.43. The van der Waals surface area contributed by atoms with Gasteiger partial charge in [0.15, 0.2) is 5.82 Å². The van der Waals surface area contributed by atoms with Crippen LogP contribution in [0.15, 0.2) is 29.4 Å². The Hall–Kier alpha value is -1.94. The molecule has 2 N–H and O–H groups in total. The highest BCUT2D eigenvalue weighted by atomic mass is 32.2. The van der Waals surface area contributed by atoms with Crippen molar-refractivity contribution in [2.75, 3.05) is 11.5 Å². The molecule has 0 saturated heterocycles. The van der Waals surface area contributed by atoms with Crippen molar-refractivity contribution < 1.29 is 13.2 Å². The minimum Gasteiger partial charge on any atom is -0.383 e. The van der Waals surface area contributed by atoms with Gasteiger partial charge in [-0.05, 0) is 17.9 Å². The molecular formula is C14H14F3N5S2. The molecule has 10 heteroatoms. The van der Waals surface area contributed by atoms with Gasteiger partial charge in [-0.15, -0.1) is 23.1 Å². The highest BCUT2D eigenvalue weighted by Gasteiger charge is 2.33. The van der Waals surface area contributed by atoms with E-state index in [1.165, 1.54) is 22.5 Å². The van der Waals surface area contributed by atoms with Crippen LogP contribution in [0.2, 0.25) is 0 Å². The fourth-order valence-electron chi connectivity index (χ4n) is 2.19. The van der Waals surface area contributed by atoms with Crippen LogP contribution < -0.4 is 5.73 Å². The standard InChI is InChI=1S/C14H14F3N5S2/c1-3-23-13-11(8-4-5-9(24-8)14(15,16)17)12(18)22(20-13)10-6-7-21(2)19-10/h4-7H,3,18H2,1-2H3. The zero-order valence-corrected chi connectivity index (χ0v) is 14.5. The van der Waals surface area contributed by atoms with Crippen LogP contribution in [-0.4, -0.2) is 25.3 Å². The molecule has 3 aromatic rings. The molecule has 0 atom stereocenters. The molecule has 3 aromatic heterocycles. The van der Waals surface area contributed by atoms with Crippen LogP contribution in [0.5, 0.6) is 0 Å². The van der Waals surface area contributed by atoms with Gasteiger partial charge in [0.1, 0.15) is 15.7 Å². The Bertz CT molecular complexity index is 862. The average Bonchev–Trinajstić information content (AvgIpc) is 3.18. The van der Waals surface area contributed by atoms with E-state index in [9.17, 15) is 13.2 Å². The van der Waals surface area contributed by atoms with E-state index in [1.54, 1.807) is 24.0 Å². The van der Waals surface area contributed by atoms with Gasteiger partial charge >= 0.3 is 6.18 Å². The molecule has 5 nitrogen and oxygen atoms in total. The number of rotatable bonds is 4. The normalized spacial score (nSPS) is 12.0. The summed E-state index contributed by atoms with van der Waals surface area (Å²) in [4.78, 5) is -0.215. The number of aromatic nitrogens is 4. The third-order valence-corrected chi connectivity index (χ3v) is 5.21. The monoisotopic (exact) mass is 373 g/mol. The second kappa shape index (κ2) is 6.17. The second-order valence-corrected chi connectivity index (χ2v) is 7.26. The number of hydrogen-bond donors (Lipinski definition) is 1. The molecule has 24 heavy (non-hydrogen) atoms. The average molecular weight is 373 g/mol. The van der Waals surface area contributed by atoms with E-state index in [0.29, 0.717) is 32.6 Å². The molecule has 0 saturated carbocycles. The largest absolute Gasteiger partial charge is 0.425 e. The lowest BCUT2D eigenvalue weighted by molar-refractivity contribution is -0.134. The number of aryl methyl sites for hydroxylation is 1. The summed E-state index contributed by atoms with van der Waals surface area (Å²) in [6, 6.07) is 4.24. The minimum atomic E-state index is -4.37. The maximum absolute atomic E-state index is 12.9. The molecule has 3 heterocycles. The summed E-state index contributed by atoms with van der Waals surface area (Å²) in [6.45, 7) is 1.94. The molecular weight excluding hydrogens is 359 g/mol. The van der Waals surface area contributed by atoms with Crippen LogP contribution in [0.1, 0.15) is 11.8 Å². The summed E-state index contributed by atoms with van der Waals surface area (Å²) in [5.74, 6) is 1.52. The van der Waals surface area contributed by atoms with Gasteiger partial charge in [0.25, 0.3) is 0 Å². The summed E-state index contributed by atoms with van der Waals surface area (Å²) in [5.41, 5.74) is 6.71. The molecule has 0 amide bonds. The number of nitrogens with zero attached hydrogens (tertiary/aromatic N) is 4. The van der Waals surface area contributed by atoms with Crippen molar-refractivity contribution in [3.63, 3.8) is 0 Å². The first-order valence-corrected chi connectivity index (χ1v) is 8.80. The van der Waals surface area contributed by atoms with Gasteiger partial charge in [-0.25, -0.2) is 0 Å². The molecule has 0 fully saturated rings. The van der Waals surface area contributed by atoms with Gasteiger partial charge in [-0.2, -0.15) is 28.1 Å². The number of nitrogen functional groups attached to an aromatic ring is 1. The van der Waals surface area contributed by atoms with Crippen molar-refractivity contribution in [1.82, 2.24) is 19.6 Å². The smallest absolute Gasteiger partial charge is 0.383 e. The molecule has 0 spiro atoms. The van der Waals surface area contributed by atoms with Crippen LogP contribution in [0.3, 0.4) is 0 Å². The summed E-state index contributed by atoms with van der Waals surface area (Å²) >= 11 is 2.09. The Morgan fingerprint density at radius 3 is 2.54 bits per heavy atom. The van der Waals surface area contributed by atoms with E-state index in [1.807, 2.05) is 6.92 Å². The molecule has 0 radical (unpaired) electrons. The highest BCUT2D eigenvalue weighted by molar-refractivity contribution is 7.99. The molecule has 0 bridgehead atoms. The second-order valence-electron chi connectivity index (χ2n) is 4.92. The predicted molar refractivity (Wildman–Crippen MR) is 89.5 cm³/mol. The quantitative estimate of drug-likeness (QED) is 0.701. The lowest BCUT2D eigenvalue weighted by atomic mass is 10.2. The van der Waals surface area contributed by atoms with E-state index in [0.717, 1.165) is 11.8 Å². The molecule has 0 aliphatic carbocycles. The van der Waals surface area contributed by atoms with Gasteiger partial charge in [0.2, 0.25) is 0 Å². The van der Waals surface area contributed by atoms with Gasteiger partial charge in [0, 0.05) is 24.2 Å². The van der Waals surface area contributed by atoms with Gasteiger partial charge < -0.3 is 5.73 Å². The van der Waals surface area contributed by atoms with Crippen LogP contribution in [-0.2, 0) is 13.2 Å². The SMILES string of the molecule is CCSc1nn(-c2ccn(C)n2)c(N)c1-c1ccc(C(F)(F)F)s1. The van der Waals surface area contributed by atoms with Gasteiger partial charge in [0.05, 0.1) is 5.56 Å². The first-order valence-electron chi connectivity index (χ1n) is 7.00. The lowest BCUT2D eigenvalue weighted by Crippen LogP contribution is -2.03. The van der Waals surface area contributed by atoms with Crippen LogP contribution >= 0.6 is 23.1 Å². The zero-order chi connectivity index (χ0) is 17.5. The summed E-state index contributed by atoms with van der Waals surface area (Å²) in [6.07, 6.45) is -2.62. The van der Waals surface area contributed by atoms with Crippen molar-refractivity contribution in [2.24, 2.45) is 7.05 Å². The maximum Gasteiger partial charge on any atom is 0.425 e. The van der Waals surface area contributed by atoms with E-state index < -0.39 is 11.1 Å². The predicted octanol–water partition coefficient (Wildman–Crippen LogP) is 4.05. The molecule has 128 valence electrons. The summed E-state index contributed by atoms with van der Waals surface area (Å²) in [5, 5.41) is 9.27. The Balaban J connectivity index is 2.12. The number of hydrogen-bond acceptors (Lipinski definition) is 5. The van der Waals surface area contributed by atoms with Crippen LogP contribution in [0.4, 0.5) is 19.0 Å². The van der Waals surface area contributed by atoms with Crippen molar-refractivity contribution in [1.29, 1.82) is 0 Å². The molecule has 0 aliphatic heterocycles. The van der Waals surface area contributed by atoms with Crippen molar-refractivity contribution in [3.8, 4) is 16.3 Å². The van der Waals surface area contributed by atoms with E-state index in [-0.39, 0.29) is 5.82 Å². The molecule has 0 aromatic carbocycles. The molecule has 0 aliphatic rings. The fraction of sp³-hybridized carbons (Fsp3) is 0.286.